The number of nitrogens with zero attached hydrogens (tertiary/aromatic N) is 1. The zero-order chi connectivity index (χ0) is 30.2. The Bertz CT molecular complexity index is 2210. The van der Waals surface area contributed by atoms with E-state index < -0.39 is 0 Å². The lowest BCUT2D eigenvalue weighted by Crippen LogP contribution is -2.54. The van der Waals surface area contributed by atoms with Gasteiger partial charge in [0.1, 0.15) is 0 Å². The fourth-order valence-electron chi connectivity index (χ4n) is 8.97. The molecule has 2 atom stereocenters. The molecule has 218 valence electrons. The molecule has 45 heavy (non-hydrogen) atoms. The van der Waals surface area contributed by atoms with Gasteiger partial charge in [-0.05, 0) is 110 Å². The van der Waals surface area contributed by atoms with Crippen LogP contribution in [0.15, 0.2) is 140 Å². The molecule has 0 amide bonds. The maximum Gasteiger partial charge on any atom is 0.0517 e. The summed E-state index contributed by atoms with van der Waals surface area (Å²) in [7, 11) is 0. The number of fused-ring (bicyclic) bond motifs is 6. The highest BCUT2D eigenvalue weighted by Crippen LogP contribution is 2.61. The van der Waals surface area contributed by atoms with Crippen LogP contribution in [0.2, 0.25) is 0 Å². The van der Waals surface area contributed by atoms with Gasteiger partial charge in [0.2, 0.25) is 0 Å². The first-order valence-corrected chi connectivity index (χ1v) is 16.5. The number of para-hydroxylation sites is 1. The van der Waals surface area contributed by atoms with E-state index in [2.05, 4.69) is 158 Å². The Hall–Kier alpha value is -4.88. The molecule has 0 radical (unpaired) electrons. The molecule has 1 aliphatic carbocycles. The van der Waals surface area contributed by atoms with Crippen molar-refractivity contribution >= 4 is 43.7 Å². The summed E-state index contributed by atoms with van der Waals surface area (Å²) >= 11 is 0. The molecule has 2 unspecified atom stereocenters. The molecule has 0 saturated heterocycles. The van der Waals surface area contributed by atoms with Gasteiger partial charge in [0, 0.05) is 16.8 Å². The second-order valence-electron chi connectivity index (χ2n) is 13.6. The molecular weight excluding hydrogens is 542 g/mol. The Morgan fingerprint density at radius 3 is 1.84 bits per heavy atom. The predicted molar refractivity (Wildman–Crippen MR) is 193 cm³/mol. The molecule has 1 nitrogen and oxygen atoms in total. The van der Waals surface area contributed by atoms with Crippen LogP contribution in [0.25, 0.3) is 54.6 Å². The molecule has 0 N–H and O–H groups in total. The van der Waals surface area contributed by atoms with E-state index in [0.29, 0.717) is 0 Å². The highest BCUT2D eigenvalue weighted by molar-refractivity contribution is 6.18. The third kappa shape index (κ3) is 3.74. The van der Waals surface area contributed by atoms with E-state index in [9.17, 15) is 0 Å². The van der Waals surface area contributed by atoms with E-state index >= 15 is 0 Å². The minimum absolute atomic E-state index is 0.0505. The van der Waals surface area contributed by atoms with Crippen LogP contribution in [0.1, 0.15) is 45.1 Å². The normalized spacial score (nSPS) is 20.9. The van der Waals surface area contributed by atoms with Crippen molar-refractivity contribution in [3.63, 3.8) is 0 Å². The first-order chi connectivity index (χ1) is 22.1. The van der Waals surface area contributed by atoms with E-state index in [4.69, 9.17) is 0 Å². The summed E-state index contributed by atoms with van der Waals surface area (Å²) in [6.07, 6.45) is 5.00. The highest BCUT2D eigenvalue weighted by atomic mass is 15.2. The van der Waals surface area contributed by atoms with Crippen molar-refractivity contribution in [2.75, 3.05) is 4.90 Å². The lowest BCUT2D eigenvalue weighted by atomic mass is 9.61. The average Bonchev–Trinajstić information content (AvgIpc) is 3.30. The minimum atomic E-state index is 0.0505. The Morgan fingerprint density at radius 2 is 1.11 bits per heavy atom. The molecule has 0 spiro atoms. The van der Waals surface area contributed by atoms with Gasteiger partial charge in [-0.25, -0.2) is 0 Å². The first kappa shape index (κ1) is 26.5. The summed E-state index contributed by atoms with van der Waals surface area (Å²) in [5.74, 6) is 0. The smallest absolute Gasteiger partial charge is 0.0517 e. The maximum atomic E-state index is 2.66. The molecule has 0 bridgehead atoms. The van der Waals surface area contributed by atoms with Crippen molar-refractivity contribution in [1.29, 1.82) is 0 Å². The fraction of sp³-hybridized carbons (Fsp3) is 0.182. The monoisotopic (exact) mass is 579 g/mol. The van der Waals surface area contributed by atoms with Crippen LogP contribution < -0.4 is 4.90 Å². The van der Waals surface area contributed by atoms with E-state index in [1.165, 1.54) is 97.2 Å². The predicted octanol–water partition coefficient (Wildman–Crippen LogP) is 12.2. The summed E-state index contributed by atoms with van der Waals surface area (Å²) in [6.45, 7) is 5.04. The van der Waals surface area contributed by atoms with Gasteiger partial charge in [0.05, 0.1) is 5.54 Å². The zero-order valence-corrected chi connectivity index (χ0v) is 26.1. The molecular formula is C44H37N. The van der Waals surface area contributed by atoms with Gasteiger partial charge in [-0.3, -0.25) is 0 Å². The molecule has 1 fully saturated rings. The third-order valence-corrected chi connectivity index (χ3v) is 11.4. The van der Waals surface area contributed by atoms with Crippen molar-refractivity contribution < 1.29 is 0 Å². The van der Waals surface area contributed by atoms with Gasteiger partial charge < -0.3 is 4.90 Å². The van der Waals surface area contributed by atoms with Crippen LogP contribution in [-0.4, -0.2) is 5.54 Å². The highest BCUT2D eigenvalue weighted by Gasteiger charge is 2.57. The number of hydrogen-bond acceptors (Lipinski definition) is 1. The van der Waals surface area contributed by atoms with E-state index in [0.717, 1.165) is 0 Å². The van der Waals surface area contributed by atoms with Crippen molar-refractivity contribution in [2.45, 2.75) is 50.5 Å². The van der Waals surface area contributed by atoms with Gasteiger partial charge in [-0.1, -0.05) is 129 Å². The molecule has 1 heterocycles. The number of anilines is 2. The van der Waals surface area contributed by atoms with Crippen molar-refractivity contribution in [3.8, 4) is 22.3 Å². The van der Waals surface area contributed by atoms with E-state index in [-0.39, 0.29) is 11.0 Å². The van der Waals surface area contributed by atoms with Crippen molar-refractivity contribution in [2.24, 2.45) is 0 Å². The minimum Gasteiger partial charge on any atom is -0.334 e. The molecule has 1 saturated carbocycles. The lowest BCUT2D eigenvalue weighted by Gasteiger charge is -2.50. The molecule has 0 aromatic heterocycles. The lowest BCUT2D eigenvalue weighted by molar-refractivity contribution is 0.195. The Morgan fingerprint density at radius 1 is 0.511 bits per heavy atom. The summed E-state index contributed by atoms with van der Waals surface area (Å²) < 4.78 is 0. The third-order valence-electron chi connectivity index (χ3n) is 11.4. The molecule has 1 aliphatic heterocycles. The first-order valence-electron chi connectivity index (χ1n) is 16.5. The largest absolute Gasteiger partial charge is 0.334 e. The van der Waals surface area contributed by atoms with Gasteiger partial charge in [0.15, 0.2) is 0 Å². The summed E-state index contributed by atoms with van der Waals surface area (Å²) in [5.41, 5.74) is 9.55. The van der Waals surface area contributed by atoms with E-state index in [1.54, 1.807) is 0 Å². The topological polar surface area (TPSA) is 3.24 Å². The molecule has 7 aromatic carbocycles. The quantitative estimate of drug-likeness (QED) is 0.188. The number of benzene rings is 7. The summed E-state index contributed by atoms with van der Waals surface area (Å²) in [6, 6.07) is 52.1. The van der Waals surface area contributed by atoms with Crippen LogP contribution in [-0.2, 0) is 5.41 Å². The second kappa shape index (κ2) is 9.81. The SMILES string of the molecule is CC12CCCCC1(C)N(c1ccccc1)c1ccc(-c3cccc4c(-c5c6ccccc6cc6ccccc56)cccc34)cc12. The molecule has 7 aromatic rings. The van der Waals surface area contributed by atoms with Gasteiger partial charge in [-0.2, -0.15) is 0 Å². The summed E-state index contributed by atoms with van der Waals surface area (Å²) in [4.78, 5) is 2.66. The number of hydrogen-bond donors (Lipinski definition) is 0. The van der Waals surface area contributed by atoms with E-state index in [1.807, 2.05) is 0 Å². The maximum absolute atomic E-state index is 2.66. The Labute approximate surface area is 265 Å². The second-order valence-corrected chi connectivity index (χ2v) is 13.6. The van der Waals surface area contributed by atoms with Crippen LogP contribution >= 0.6 is 0 Å². The summed E-state index contributed by atoms with van der Waals surface area (Å²) in [5, 5.41) is 7.78. The molecule has 2 aliphatic rings. The fourth-order valence-corrected chi connectivity index (χ4v) is 8.97. The van der Waals surface area contributed by atoms with Crippen LogP contribution in [0.4, 0.5) is 11.4 Å². The van der Waals surface area contributed by atoms with Crippen molar-refractivity contribution in [3.05, 3.63) is 145 Å². The Balaban J connectivity index is 1.26. The standard InChI is InChI=1S/C44H37N/c1-43-26-10-11-27-44(43,2)45(33-16-4-3-5-17-33)41-25-24-32(29-40(41)43)34-20-12-22-38-37(34)21-13-23-39(38)42-35-18-8-6-14-30(35)28-31-15-7-9-19-36(31)42/h3-9,12-25,28-29H,10-11,26-27H2,1-2H3. The average molecular weight is 580 g/mol. The van der Waals surface area contributed by atoms with Crippen LogP contribution in [0.3, 0.4) is 0 Å². The van der Waals surface area contributed by atoms with Crippen LogP contribution in [0, 0.1) is 0 Å². The number of rotatable bonds is 3. The van der Waals surface area contributed by atoms with Gasteiger partial charge in [0.25, 0.3) is 0 Å². The van der Waals surface area contributed by atoms with Gasteiger partial charge in [-0.15, -0.1) is 0 Å². The zero-order valence-electron chi connectivity index (χ0n) is 26.1. The molecule has 1 heteroatoms. The Kier molecular flexibility index (Phi) is 5.78. The molecule has 9 rings (SSSR count). The van der Waals surface area contributed by atoms with Gasteiger partial charge >= 0.3 is 0 Å². The van der Waals surface area contributed by atoms with Crippen molar-refractivity contribution in [1.82, 2.24) is 0 Å². The van der Waals surface area contributed by atoms with Crippen LogP contribution in [0.5, 0.6) is 0 Å².